The van der Waals surface area contributed by atoms with Gasteiger partial charge in [0.15, 0.2) is 0 Å². The predicted octanol–water partition coefficient (Wildman–Crippen LogP) is 1.73. The second-order valence-electron chi connectivity index (χ2n) is 5.13. The zero-order chi connectivity index (χ0) is 18.3. The van der Waals surface area contributed by atoms with Gasteiger partial charge in [-0.15, -0.1) is 0 Å². The molecule has 1 aromatic heterocycles. The highest BCUT2D eigenvalue weighted by Crippen LogP contribution is 2.18. The molecule has 2 rings (SSSR count). The number of hydrogen-bond donors (Lipinski definition) is 2. The number of amides is 1. The third kappa shape index (κ3) is 6.40. The van der Waals surface area contributed by atoms with Crippen LogP contribution in [0.2, 0.25) is 0 Å². The number of benzene rings is 1. The van der Waals surface area contributed by atoms with E-state index in [1.807, 2.05) is 0 Å². The number of pyridine rings is 1. The van der Waals surface area contributed by atoms with Crippen molar-refractivity contribution in [2.24, 2.45) is 0 Å². The van der Waals surface area contributed by atoms with Crippen LogP contribution in [0.1, 0.15) is 10.4 Å². The third-order valence-electron chi connectivity index (χ3n) is 2.96. The maximum absolute atomic E-state index is 12.3. The zero-order valence-electron chi connectivity index (χ0n) is 13.9. The van der Waals surface area contributed by atoms with Crippen molar-refractivity contribution in [2.45, 2.75) is 0 Å². The van der Waals surface area contributed by atoms with Gasteiger partial charge in [-0.3, -0.25) is 9.52 Å². The number of sulfonamides is 1. The summed E-state index contributed by atoms with van der Waals surface area (Å²) in [6.45, 7) is 0.742. The van der Waals surface area contributed by atoms with Crippen LogP contribution in [0.15, 0.2) is 42.6 Å². The highest BCUT2D eigenvalue weighted by Gasteiger charge is 2.09. The summed E-state index contributed by atoms with van der Waals surface area (Å²) >= 11 is 0. The standard InChI is InChI=1S/C16H19N3O5S/c1-23-8-9-24-15-10-12(6-7-17-15)16(20)18-13-4-3-5-14(11-13)19-25(2,21)22/h3-7,10-11,19H,8-9H2,1-2H3,(H,18,20). The first-order valence-electron chi connectivity index (χ1n) is 7.34. The average molecular weight is 365 g/mol. The summed E-state index contributed by atoms with van der Waals surface area (Å²) in [5.74, 6) is -0.0484. The Morgan fingerprint density at radius 1 is 1.16 bits per heavy atom. The first-order valence-corrected chi connectivity index (χ1v) is 9.23. The SMILES string of the molecule is COCCOc1cc(C(=O)Nc2cccc(NS(C)(=O)=O)c2)ccn1. The van der Waals surface area contributed by atoms with Gasteiger partial charge in [0.1, 0.15) is 6.61 Å². The van der Waals surface area contributed by atoms with Gasteiger partial charge in [0.2, 0.25) is 15.9 Å². The van der Waals surface area contributed by atoms with E-state index in [0.717, 1.165) is 6.26 Å². The average Bonchev–Trinajstić information content (AvgIpc) is 2.54. The predicted molar refractivity (Wildman–Crippen MR) is 94.5 cm³/mol. The lowest BCUT2D eigenvalue weighted by Crippen LogP contribution is -2.14. The van der Waals surface area contributed by atoms with E-state index in [9.17, 15) is 13.2 Å². The number of rotatable bonds is 8. The Labute approximate surface area is 146 Å². The molecule has 0 fully saturated rings. The minimum atomic E-state index is -3.39. The lowest BCUT2D eigenvalue weighted by Gasteiger charge is -2.09. The van der Waals surface area contributed by atoms with Crippen molar-refractivity contribution < 1.29 is 22.7 Å². The number of carbonyl (C=O) groups excluding carboxylic acids is 1. The van der Waals surface area contributed by atoms with Crippen molar-refractivity contribution in [3.8, 4) is 5.88 Å². The number of anilines is 2. The van der Waals surface area contributed by atoms with Crippen LogP contribution in [-0.2, 0) is 14.8 Å². The van der Waals surface area contributed by atoms with Gasteiger partial charge >= 0.3 is 0 Å². The fraction of sp³-hybridized carbons (Fsp3) is 0.250. The van der Waals surface area contributed by atoms with Crippen molar-refractivity contribution >= 4 is 27.3 Å². The molecule has 0 spiro atoms. The van der Waals surface area contributed by atoms with E-state index < -0.39 is 10.0 Å². The van der Waals surface area contributed by atoms with Gasteiger partial charge in [-0.25, -0.2) is 13.4 Å². The molecule has 0 saturated heterocycles. The van der Waals surface area contributed by atoms with Crippen LogP contribution in [-0.4, -0.2) is 45.9 Å². The Bertz CT molecular complexity index is 839. The fourth-order valence-corrected chi connectivity index (χ4v) is 2.49. The normalized spacial score (nSPS) is 11.0. The van der Waals surface area contributed by atoms with Gasteiger partial charge in [0.05, 0.1) is 18.6 Å². The molecule has 1 amide bonds. The van der Waals surface area contributed by atoms with E-state index in [-0.39, 0.29) is 5.91 Å². The van der Waals surface area contributed by atoms with E-state index >= 15 is 0 Å². The minimum Gasteiger partial charge on any atom is -0.475 e. The van der Waals surface area contributed by atoms with Crippen molar-refractivity contribution in [3.05, 3.63) is 48.2 Å². The zero-order valence-corrected chi connectivity index (χ0v) is 14.7. The Morgan fingerprint density at radius 2 is 1.92 bits per heavy atom. The Morgan fingerprint density at radius 3 is 2.64 bits per heavy atom. The molecule has 8 nitrogen and oxygen atoms in total. The van der Waals surface area contributed by atoms with E-state index in [0.29, 0.717) is 36.0 Å². The summed E-state index contributed by atoms with van der Waals surface area (Å²) in [4.78, 5) is 16.4. The number of methoxy groups -OCH3 is 1. The first kappa shape index (κ1) is 18.7. The molecule has 2 aromatic rings. The van der Waals surface area contributed by atoms with Gasteiger partial charge in [0.25, 0.3) is 5.91 Å². The topological polar surface area (TPSA) is 107 Å². The molecule has 9 heteroatoms. The molecule has 0 aliphatic heterocycles. The molecule has 1 heterocycles. The fourth-order valence-electron chi connectivity index (χ4n) is 1.94. The summed E-state index contributed by atoms with van der Waals surface area (Å²) in [6, 6.07) is 9.47. The van der Waals surface area contributed by atoms with Gasteiger partial charge in [-0.05, 0) is 24.3 Å². The van der Waals surface area contributed by atoms with Crippen molar-refractivity contribution in [1.29, 1.82) is 0 Å². The number of carbonyl (C=O) groups is 1. The lowest BCUT2D eigenvalue weighted by atomic mass is 10.2. The van der Waals surface area contributed by atoms with Crippen LogP contribution in [0, 0.1) is 0 Å². The smallest absolute Gasteiger partial charge is 0.255 e. The second-order valence-corrected chi connectivity index (χ2v) is 6.88. The molecule has 2 N–H and O–H groups in total. The lowest BCUT2D eigenvalue weighted by molar-refractivity contribution is 0.102. The van der Waals surface area contributed by atoms with E-state index in [2.05, 4.69) is 15.0 Å². The molecule has 0 atom stereocenters. The number of aromatic nitrogens is 1. The van der Waals surface area contributed by atoms with Gasteiger partial charge < -0.3 is 14.8 Å². The monoisotopic (exact) mass is 365 g/mol. The molecule has 0 unspecified atom stereocenters. The van der Waals surface area contributed by atoms with Crippen LogP contribution in [0.5, 0.6) is 5.88 Å². The molecular weight excluding hydrogens is 346 g/mol. The molecular formula is C16H19N3O5S. The number of ether oxygens (including phenoxy) is 2. The maximum atomic E-state index is 12.3. The summed E-state index contributed by atoms with van der Waals surface area (Å²) in [7, 11) is -1.83. The van der Waals surface area contributed by atoms with E-state index in [1.165, 1.54) is 18.3 Å². The third-order valence-corrected chi connectivity index (χ3v) is 3.56. The minimum absolute atomic E-state index is 0.317. The highest BCUT2D eigenvalue weighted by molar-refractivity contribution is 7.92. The van der Waals surface area contributed by atoms with Crippen LogP contribution in [0.3, 0.4) is 0 Å². The largest absolute Gasteiger partial charge is 0.475 e. The molecule has 134 valence electrons. The van der Waals surface area contributed by atoms with E-state index in [4.69, 9.17) is 9.47 Å². The summed E-state index contributed by atoms with van der Waals surface area (Å²) in [6.07, 6.45) is 2.53. The Kier molecular flexibility index (Phi) is 6.31. The highest BCUT2D eigenvalue weighted by atomic mass is 32.2. The van der Waals surface area contributed by atoms with Crippen LogP contribution in [0.4, 0.5) is 11.4 Å². The number of nitrogens with one attached hydrogen (secondary N) is 2. The van der Waals surface area contributed by atoms with Crippen molar-refractivity contribution in [1.82, 2.24) is 4.98 Å². The Balaban J connectivity index is 2.07. The van der Waals surface area contributed by atoms with Gasteiger partial charge in [-0.1, -0.05) is 6.07 Å². The van der Waals surface area contributed by atoms with E-state index in [1.54, 1.807) is 31.4 Å². The molecule has 0 radical (unpaired) electrons. The summed E-state index contributed by atoms with van der Waals surface area (Å²) < 4.78 is 35.2. The van der Waals surface area contributed by atoms with Crippen LogP contribution >= 0.6 is 0 Å². The van der Waals surface area contributed by atoms with Crippen LogP contribution in [0.25, 0.3) is 0 Å². The first-order chi connectivity index (χ1) is 11.9. The molecule has 25 heavy (non-hydrogen) atoms. The van der Waals surface area contributed by atoms with Gasteiger partial charge in [0, 0.05) is 30.6 Å². The molecule has 1 aromatic carbocycles. The number of hydrogen-bond acceptors (Lipinski definition) is 6. The molecule has 0 bridgehead atoms. The maximum Gasteiger partial charge on any atom is 0.255 e. The van der Waals surface area contributed by atoms with Crippen molar-refractivity contribution in [2.75, 3.05) is 36.6 Å². The van der Waals surface area contributed by atoms with Gasteiger partial charge in [-0.2, -0.15) is 0 Å². The molecule has 0 saturated carbocycles. The summed E-state index contributed by atoms with van der Waals surface area (Å²) in [5.41, 5.74) is 1.18. The molecule has 0 aliphatic rings. The molecule has 0 aliphatic carbocycles. The quantitative estimate of drug-likeness (QED) is 0.690. The van der Waals surface area contributed by atoms with Crippen LogP contribution < -0.4 is 14.8 Å². The summed E-state index contributed by atoms with van der Waals surface area (Å²) in [5, 5.41) is 2.70. The second kappa shape index (κ2) is 8.45. The Hall–Kier alpha value is -2.65. The number of nitrogens with zero attached hydrogens (tertiary/aromatic N) is 1. The van der Waals surface area contributed by atoms with Crippen molar-refractivity contribution in [3.63, 3.8) is 0 Å².